The molecule has 0 saturated heterocycles. The molecular formula is C50H33N3. The lowest BCUT2D eigenvalue weighted by molar-refractivity contribution is 1.11. The topological polar surface area (TPSA) is 22.2 Å². The van der Waals surface area contributed by atoms with Gasteiger partial charge in [-0.15, -0.1) is 0 Å². The van der Waals surface area contributed by atoms with Gasteiger partial charge in [-0.2, -0.15) is 0 Å². The molecule has 0 saturated carbocycles. The van der Waals surface area contributed by atoms with Crippen LogP contribution in [0.2, 0.25) is 0 Å². The average Bonchev–Trinajstić information content (AvgIpc) is 3.89. The van der Waals surface area contributed by atoms with Crippen LogP contribution in [0.25, 0.3) is 66.1 Å². The van der Waals surface area contributed by atoms with Crippen LogP contribution in [-0.4, -0.2) is 14.8 Å². The number of aromatic nitrogens is 2. The molecule has 0 amide bonds. The van der Waals surface area contributed by atoms with Crippen molar-refractivity contribution in [2.75, 3.05) is 0 Å². The second kappa shape index (κ2) is 11.8. The van der Waals surface area contributed by atoms with E-state index in [0.717, 1.165) is 22.6 Å². The fourth-order valence-corrected chi connectivity index (χ4v) is 8.63. The monoisotopic (exact) mass is 675 g/mol. The molecule has 8 aromatic carbocycles. The Morgan fingerprint density at radius 2 is 0.887 bits per heavy atom. The summed E-state index contributed by atoms with van der Waals surface area (Å²) < 4.78 is 4.78. The van der Waals surface area contributed by atoms with E-state index in [9.17, 15) is 0 Å². The van der Waals surface area contributed by atoms with Crippen LogP contribution in [0.4, 0.5) is 5.69 Å². The third-order valence-corrected chi connectivity index (χ3v) is 11.0. The number of para-hydroxylation sites is 4. The van der Waals surface area contributed by atoms with Crippen molar-refractivity contribution in [1.29, 1.82) is 0 Å². The molecule has 10 aromatic rings. The third kappa shape index (κ3) is 4.64. The highest BCUT2D eigenvalue weighted by atomic mass is 15.0. The second-order valence-electron chi connectivity index (χ2n) is 14.0. The third-order valence-electron chi connectivity index (χ3n) is 11.0. The average molecular weight is 676 g/mol. The molecule has 53 heavy (non-hydrogen) atoms. The van der Waals surface area contributed by atoms with Gasteiger partial charge in [-0.05, 0) is 94.5 Å². The van der Waals surface area contributed by atoms with Crippen molar-refractivity contribution in [2.24, 2.45) is 4.99 Å². The van der Waals surface area contributed by atoms with Gasteiger partial charge in [0.25, 0.3) is 0 Å². The highest BCUT2D eigenvalue weighted by molar-refractivity contribution is 6.14. The number of nitrogens with zero attached hydrogens (tertiary/aromatic N) is 3. The van der Waals surface area contributed by atoms with Crippen molar-refractivity contribution in [3.05, 3.63) is 211 Å². The largest absolute Gasteiger partial charge is 0.309 e. The molecular weight excluding hydrogens is 643 g/mol. The summed E-state index contributed by atoms with van der Waals surface area (Å²) in [5.41, 5.74) is 15.3. The zero-order valence-corrected chi connectivity index (χ0v) is 28.9. The zero-order chi connectivity index (χ0) is 34.9. The molecule has 0 aliphatic carbocycles. The van der Waals surface area contributed by atoms with Gasteiger partial charge >= 0.3 is 0 Å². The second-order valence-corrected chi connectivity index (χ2v) is 14.0. The lowest BCUT2D eigenvalue weighted by Crippen LogP contribution is -2.12. The van der Waals surface area contributed by atoms with Gasteiger partial charge in [0.2, 0.25) is 0 Å². The fraction of sp³-hybridized carbons (Fsp3) is 0.0200. The first-order valence-corrected chi connectivity index (χ1v) is 18.3. The normalized spacial score (nSPS) is 14.0. The van der Waals surface area contributed by atoms with E-state index in [1.54, 1.807) is 0 Å². The summed E-state index contributed by atoms with van der Waals surface area (Å²) in [4.78, 5) is 5.24. The Morgan fingerprint density at radius 1 is 0.358 bits per heavy atom. The van der Waals surface area contributed by atoms with Crippen LogP contribution in [0.15, 0.2) is 199 Å². The molecule has 1 unspecified atom stereocenters. The van der Waals surface area contributed by atoms with Crippen LogP contribution in [-0.2, 0) is 0 Å². The van der Waals surface area contributed by atoms with Gasteiger partial charge in [0.1, 0.15) is 0 Å². The number of benzene rings is 8. The summed E-state index contributed by atoms with van der Waals surface area (Å²) in [6.07, 6.45) is 0. The smallest absolute Gasteiger partial charge is 0.0675 e. The number of rotatable bonds is 5. The first-order chi connectivity index (χ1) is 26.3. The summed E-state index contributed by atoms with van der Waals surface area (Å²) in [5.74, 6) is 0.0856. The number of hydrogen-bond acceptors (Lipinski definition) is 1. The lowest BCUT2D eigenvalue weighted by atomic mass is 9.86. The summed E-state index contributed by atoms with van der Waals surface area (Å²) in [7, 11) is 0. The summed E-state index contributed by atoms with van der Waals surface area (Å²) in [6, 6.07) is 70.3. The Hall–Kier alpha value is -6.97. The minimum absolute atomic E-state index is 0.0856. The maximum Gasteiger partial charge on any atom is 0.0675 e. The Balaban J connectivity index is 1.05. The molecule has 248 valence electrons. The Kier molecular flexibility index (Phi) is 6.62. The molecule has 1 aliphatic rings. The van der Waals surface area contributed by atoms with Crippen LogP contribution >= 0.6 is 0 Å². The van der Waals surface area contributed by atoms with E-state index in [0.29, 0.717) is 0 Å². The van der Waals surface area contributed by atoms with Crippen LogP contribution in [0.1, 0.15) is 22.6 Å². The van der Waals surface area contributed by atoms with Crippen LogP contribution in [0, 0.1) is 0 Å². The highest BCUT2D eigenvalue weighted by Crippen LogP contribution is 2.43. The van der Waals surface area contributed by atoms with E-state index in [2.05, 4.69) is 203 Å². The molecule has 3 heterocycles. The van der Waals surface area contributed by atoms with Gasteiger partial charge < -0.3 is 9.13 Å². The molecule has 0 radical (unpaired) electrons. The van der Waals surface area contributed by atoms with Crippen LogP contribution in [0.5, 0.6) is 0 Å². The maximum absolute atomic E-state index is 5.24. The standard InChI is InChI=1S/C50H33N3/c1-3-14-33(15-4-1)49-41-22-7-10-23-44(41)51-50(49)36-16-13-19-38(30-36)53-46-25-12-9-21-40(46)43-32-35(27-29-48(43)53)34-26-28-47-42(31-34)39-20-8-11-24-45(39)52(47)37-17-5-2-6-18-37/h1-32,49H. The van der Waals surface area contributed by atoms with Gasteiger partial charge in [0.05, 0.1) is 39.4 Å². The van der Waals surface area contributed by atoms with Gasteiger partial charge in [-0.1, -0.05) is 127 Å². The molecule has 0 N–H and O–H groups in total. The molecule has 3 heteroatoms. The van der Waals surface area contributed by atoms with E-state index >= 15 is 0 Å². The van der Waals surface area contributed by atoms with Gasteiger partial charge in [-0.3, -0.25) is 4.99 Å². The van der Waals surface area contributed by atoms with Crippen LogP contribution in [0.3, 0.4) is 0 Å². The SMILES string of the molecule is c1ccc(C2C(c3cccc(-n4c5ccccc5c5cc(-c6ccc7c(c6)c6ccccc6n7-c6ccccc6)ccc54)c3)=Nc3ccccc32)cc1. The highest BCUT2D eigenvalue weighted by Gasteiger charge is 2.29. The summed E-state index contributed by atoms with van der Waals surface area (Å²) >= 11 is 0. The van der Waals surface area contributed by atoms with E-state index in [4.69, 9.17) is 4.99 Å². The lowest BCUT2D eigenvalue weighted by Gasteiger charge is -2.17. The Bertz CT molecular complexity index is 3050. The Labute approximate surface area is 307 Å². The van der Waals surface area contributed by atoms with Crippen molar-refractivity contribution >= 4 is 55.0 Å². The quantitative estimate of drug-likeness (QED) is 0.173. The van der Waals surface area contributed by atoms with Crippen molar-refractivity contribution < 1.29 is 0 Å². The van der Waals surface area contributed by atoms with E-state index in [1.807, 2.05) is 0 Å². The number of fused-ring (bicyclic) bond motifs is 7. The zero-order valence-electron chi connectivity index (χ0n) is 28.9. The predicted octanol–water partition coefficient (Wildman–Crippen LogP) is 12.8. The molecule has 2 aromatic heterocycles. The molecule has 3 nitrogen and oxygen atoms in total. The van der Waals surface area contributed by atoms with Gasteiger partial charge in [-0.25, -0.2) is 0 Å². The molecule has 0 bridgehead atoms. The van der Waals surface area contributed by atoms with E-state index in [-0.39, 0.29) is 5.92 Å². The van der Waals surface area contributed by atoms with E-state index in [1.165, 1.54) is 71.6 Å². The fourth-order valence-electron chi connectivity index (χ4n) is 8.63. The molecule has 1 atom stereocenters. The van der Waals surface area contributed by atoms with Crippen molar-refractivity contribution in [3.63, 3.8) is 0 Å². The minimum Gasteiger partial charge on any atom is -0.309 e. The first-order valence-electron chi connectivity index (χ1n) is 18.3. The number of aliphatic imine (C=N–C) groups is 1. The maximum atomic E-state index is 5.24. The van der Waals surface area contributed by atoms with Crippen molar-refractivity contribution in [1.82, 2.24) is 9.13 Å². The molecule has 11 rings (SSSR count). The first kappa shape index (κ1) is 29.7. The molecule has 1 aliphatic heterocycles. The van der Waals surface area contributed by atoms with Crippen LogP contribution < -0.4 is 0 Å². The molecule has 0 fully saturated rings. The van der Waals surface area contributed by atoms with Crippen molar-refractivity contribution in [3.8, 4) is 22.5 Å². The van der Waals surface area contributed by atoms with Crippen molar-refractivity contribution in [2.45, 2.75) is 5.92 Å². The summed E-state index contributed by atoms with van der Waals surface area (Å²) in [5, 5.41) is 5.00. The van der Waals surface area contributed by atoms with Gasteiger partial charge in [0, 0.05) is 32.9 Å². The minimum atomic E-state index is 0.0856. The predicted molar refractivity (Wildman–Crippen MR) is 221 cm³/mol. The number of hydrogen-bond donors (Lipinski definition) is 0. The Morgan fingerprint density at radius 3 is 1.57 bits per heavy atom. The van der Waals surface area contributed by atoms with E-state index < -0.39 is 0 Å². The van der Waals surface area contributed by atoms with Gasteiger partial charge in [0.15, 0.2) is 0 Å². The molecule has 0 spiro atoms. The summed E-state index contributed by atoms with van der Waals surface area (Å²) in [6.45, 7) is 0.